The molecule has 0 bridgehead atoms. The van der Waals surface area contributed by atoms with Gasteiger partial charge in [0.15, 0.2) is 0 Å². The minimum Gasteiger partial charge on any atom is -0.396 e. The van der Waals surface area contributed by atoms with Crippen molar-refractivity contribution in [3.05, 3.63) is 11.3 Å². The second-order valence-corrected chi connectivity index (χ2v) is 6.58. The number of aliphatic hydroxyl groups excluding tert-OH is 1. The molecule has 0 aromatic carbocycles. The highest BCUT2D eigenvalue weighted by Crippen LogP contribution is 2.33. The molecule has 0 spiro atoms. The third-order valence-corrected chi connectivity index (χ3v) is 4.57. The highest BCUT2D eigenvalue weighted by molar-refractivity contribution is 5.51. The molecular weight excluding hydrogens is 280 g/mol. The second kappa shape index (κ2) is 6.79. The Kier molecular flexibility index (Phi) is 5.24. The fourth-order valence-corrected chi connectivity index (χ4v) is 2.92. The molecule has 6 nitrogen and oxygen atoms in total. The predicted molar refractivity (Wildman–Crippen MR) is 88.7 cm³/mol. The van der Waals surface area contributed by atoms with Gasteiger partial charge in [-0.1, -0.05) is 0 Å². The van der Waals surface area contributed by atoms with Gasteiger partial charge in [0.05, 0.1) is 6.61 Å². The Hall–Kier alpha value is -1.40. The van der Waals surface area contributed by atoms with Crippen LogP contribution in [0.2, 0.25) is 0 Å². The van der Waals surface area contributed by atoms with E-state index < -0.39 is 0 Å². The van der Waals surface area contributed by atoms with Crippen molar-refractivity contribution in [2.75, 3.05) is 57.3 Å². The third kappa shape index (κ3) is 3.50. The van der Waals surface area contributed by atoms with E-state index in [9.17, 15) is 5.11 Å². The van der Waals surface area contributed by atoms with Gasteiger partial charge in [0.25, 0.3) is 0 Å². The molecule has 1 aliphatic rings. The smallest absolute Gasteiger partial charge is 0.227 e. The van der Waals surface area contributed by atoms with Gasteiger partial charge in [0, 0.05) is 57.6 Å². The van der Waals surface area contributed by atoms with Crippen molar-refractivity contribution in [3.63, 3.8) is 0 Å². The molecule has 0 amide bonds. The summed E-state index contributed by atoms with van der Waals surface area (Å²) in [5.74, 6) is 1.66. The van der Waals surface area contributed by atoms with Gasteiger partial charge >= 0.3 is 0 Å². The van der Waals surface area contributed by atoms with Gasteiger partial charge in [-0.15, -0.1) is 0 Å². The van der Waals surface area contributed by atoms with Gasteiger partial charge in [-0.05, 0) is 26.7 Å². The zero-order valence-corrected chi connectivity index (χ0v) is 14.4. The summed E-state index contributed by atoms with van der Waals surface area (Å²) in [6.45, 7) is 6.47. The van der Waals surface area contributed by atoms with Gasteiger partial charge in [0.1, 0.15) is 5.82 Å². The van der Waals surface area contributed by atoms with E-state index in [2.05, 4.69) is 16.8 Å². The zero-order valence-electron chi connectivity index (χ0n) is 14.4. The summed E-state index contributed by atoms with van der Waals surface area (Å²) in [4.78, 5) is 13.3. The van der Waals surface area contributed by atoms with Crippen molar-refractivity contribution in [3.8, 4) is 0 Å². The van der Waals surface area contributed by atoms with Crippen molar-refractivity contribution < 1.29 is 9.84 Å². The molecule has 1 fully saturated rings. The summed E-state index contributed by atoms with van der Waals surface area (Å²) in [5.41, 5.74) is 1.98. The normalized spacial score (nSPS) is 17.4. The summed E-state index contributed by atoms with van der Waals surface area (Å²) in [5, 5.41) is 9.88. The number of aryl methyl sites for hydroxylation is 1. The predicted octanol–water partition coefficient (Wildman–Crippen LogP) is 1.38. The van der Waals surface area contributed by atoms with Crippen LogP contribution in [0.5, 0.6) is 0 Å². The van der Waals surface area contributed by atoms with E-state index in [1.54, 1.807) is 0 Å². The summed E-state index contributed by atoms with van der Waals surface area (Å²) in [6.07, 6.45) is 1.77. The van der Waals surface area contributed by atoms with Crippen LogP contribution in [0.1, 0.15) is 24.1 Å². The van der Waals surface area contributed by atoms with Crippen LogP contribution in [-0.2, 0) is 4.74 Å². The van der Waals surface area contributed by atoms with E-state index in [-0.39, 0.29) is 12.0 Å². The fraction of sp³-hybridized carbons (Fsp3) is 0.750. The molecule has 0 atom stereocenters. The number of aliphatic hydroxyl groups is 1. The first-order chi connectivity index (χ1) is 10.4. The van der Waals surface area contributed by atoms with E-state index in [1.165, 1.54) is 0 Å². The van der Waals surface area contributed by atoms with Crippen LogP contribution in [0, 0.1) is 19.3 Å². The van der Waals surface area contributed by atoms with E-state index in [4.69, 9.17) is 9.72 Å². The molecule has 1 saturated heterocycles. The average molecular weight is 308 g/mol. The molecule has 1 aromatic rings. The lowest BCUT2D eigenvalue weighted by Crippen LogP contribution is -2.43. The van der Waals surface area contributed by atoms with Gasteiger partial charge in [-0.25, -0.2) is 4.98 Å². The lowest BCUT2D eigenvalue weighted by atomic mass is 9.80. The zero-order chi connectivity index (χ0) is 16.3. The minimum atomic E-state index is -0.101. The maximum Gasteiger partial charge on any atom is 0.227 e. The first kappa shape index (κ1) is 17.0. The van der Waals surface area contributed by atoms with Crippen LogP contribution >= 0.6 is 0 Å². The topological polar surface area (TPSA) is 61.7 Å². The number of ether oxygens (including phenoxy) is 1. The largest absolute Gasteiger partial charge is 0.396 e. The Morgan fingerprint density at radius 3 is 2.32 bits per heavy atom. The number of aromatic nitrogens is 2. The molecule has 1 aromatic heterocycles. The molecule has 0 saturated carbocycles. The molecule has 124 valence electrons. The Bertz CT molecular complexity index is 513. The Labute approximate surface area is 133 Å². The van der Waals surface area contributed by atoms with Crippen LogP contribution in [0.25, 0.3) is 0 Å². The number of anilines is 2. The van der Waals surface area contributed by atoms with Crippen molar-refractivity contribution in [2.45, 2.75) is 26.7 Å². The molecule has 1 N–H and O–H groups in total. The maximum absolute atomic E-state index is 9.88. The maximum atomic E-state index is 9.88. The molecule has 0 unspecified atom stereocenters. The van der Waals surface area contributed by atoms with Crippen molar-refractivity contribution in [1.82, 2.24) is 9.97 Å². The number of nitrogens with zero attached hydrogens (tertiary/aromatic N) is 4. The Morgan fingerprint density at radius 1 is 1.14 bits per heavy atom. The standard InChI is InChI=1S/C16H28N4O2/c1-12-13(2)17-15(19(3)4)18-14(12)20(5)10-16(11-21)6-8-22-9-7-16/h21H,6-11H2,1-5H3. The van der Waals surface area contributed by atoms with Crippen molar-refractivity contribution >= 4 is 11.8 Å². The molecule has 22 heavy (non-hydrogen) atoms. The average Bonchev–Trinajstić information content (AvgIpc) is 2.50. The minimum absolute atomic E-state index is 0.101. The molecule has 0 radical (unpaired) electrons. The van der Waals surface area contributed by atoms with E-state index in [0.717, 1.165) is 55.6 Å². The van der Waals surface area contributed by atoms with Gasteiger partial charge in [-0.2, -0.15) is 4.98 Å². The molecule has 0 aliphatic carbocycles. The van der Waals surface area contributed by atoms with Crippen LogP contribution in [0.4, 0.5) is 11.8 Å². The number of hydrogen-bond donors (Lipinski definition) is 1. The highest BCUT2D eigenvalue weighted by Gasteiger charge is 2.34. The molecule has 6 heteroatoms. The summed E-state index contributed by atoms with van der Waals surface area (Å²) in [6, 6.07) is 0. The lowest BCUT2D eigenvalue weighted by molar-refractivity contribution is -0.0113. The monoisotopic (exact) mass is 308 g/mol. The van der Waals surface area contributed by atoms with Gasteiger partial charge in [0.2, 0.25) is 5.95 Å². The molecule has 2 rings (SSSR count). The third-order valence-electron chi connectivity index (χ3n) is 4.57. The van der Waals surface area contributed by atoms with Crippen LogP contribution < -0.4 is 9.80 Å². The first-order valence-electron chi connectivity index (χ1n) is 7.81. The first-order valence-corrected chi connectivity index (χ1v) is 7.81. The van der Waals surface area contributed by atoms with E-state index >= 15 is 0 Å². The SMILES string of the molecule is Cc1nc(N(C)C)nc(N(C)CC2(CO)CCOCC2)c1C. The van der Waals surface area contributed by atoms with Crippen molar-refractivity contribution in [1.29, 1.82) is 0 Å². The number of hydrogen-bond acceptors (Lipinski definition) is 6. The molecule has 1 aliphatic heterocycles. The second-order valence-electron chi connectivity index (χ2n) is 6.58. The Balaban J connectivity index is 2.26. The molecular formula is C16H28N4O2. The van der Waals surface area contributed by atoms with Crippen LogP contribution in [0.15, 0.2) is 0 Å². The van der Waals surface area contributed by atoms with Crippen molar-refractivity contribution in [2.24, 2.45) is 5.41 Å². The highest BCUT2D eigenvalue weighted by atomic mass is 16.5. The Morgan fingerprint density at radius 2 is 1.77 bits per heavy atom. The van der Waals surface area contributed by atoms with E-state index in [1.807, 2.05) is 33.0 Å². The van der Waals surface area contributed by atoms with Gasteiger partial charge < -0.3 is 19.6 Å². The number of rotatable bonds is 5. The summed E-state index contributed by atoms with van der Waals surface area (Å²) < 4.78 is 5.45. The summed E-state index contributed by atoms with van der Waals surface area (Å²) >= 11 is 0. The van der Waals surface area contributed by atoms with E-state index in [0.29, 0.717) is 0 Å². The quantitative estimate of drug-likeness (QED) is 0.887. The summed E-state index contributed by atoms with van der Waals surface area (Å²) in [7, 11) is 5.93. The lowest BCUT2D eigenvalue weighted by Gasteiger charge is -2.39. The van der Waals surface area contributed by atoms with Crippen LogP contribution in [0.3, 0.4) is 0 Å². The van der Waals surface area contributed by atoms with Gasteiger partial charge in [-0.3, -0.25) is 0 Å². The van der Waals surface area contributed by atoms with Crippen LogP contribution in [-0.4, -0.2) is 62.6 Å². The molecule has 2 heterocycles. The fourth-order valence-electron chi connectivity index (χ4n) is 2.92.